The lowest BCUT2D eigenvalue weighted by Crippen LogP contribution is -2.46. The fourth-order valence-corrected chi connectivity index (χ4v) is 2.43. The van der Waals surface area contributed by atoms with Crippen molar-refractivity contribution in [3.8, 4) is 0 Å². The number of aliphatic carboxylic acids is 1. The molecular weight excluding hydrogens is 232 g/mol. The summed E-state index contributed by atoms with van der Waals surface area (Å²) in [5.41, 5.74) is 5.74. The minimum atomic E-state index is -0.748. The van der Waals surface area contributed by atoms with Crippen LogP contribution in [-0.4, -0.2) is 29.6 Å². The molecule has 1 aliphatic rings. The fraction of sp³-hybridized carbons (Fsp3) is 0.846. The van der Waals surface area contributed by atoms with Crippen LogP contribution in [0, 0.1) is 17.8 Å². The normalized spacial score (nSPS) is 25.8. The average molecular weight is 256 g/mol. The van der Waals surface area contributed by atoms with E-state index in [2.05, 4.69) is 5.32 Å². The molecule has 0 aromatic rings. The van der Waals surface area contributed by atoms with Gasteiger partial charge in [-0.3, -0.25) is 9.59 Å². The summed E-state index contributed by atoms with van der Waals surface area (Å²) in [5, 5.41) is 11.9. The van der Waals surface area contributed by atoms with Gasteiger partial charge >= 0.3 is 5.97 Å². The van der Waals surface area contributed by atoms with Crippen molar-refractivity contribution in [2.45, 2.75) is 45.6 Å². The van der Waals surface area contributed by atoms with E-state index in [-0.39, 0.29) is 23.7 Å². The van der Waals surface area contributed by atoms with Gasteiger partial charge in [-0.15, -0.1) is 0 Å². The number of hydrogen-bond donors (Lipinski definition) is 3. The first-order valence-corrected chi connectivity index (χ1v) is 6.69. The summed E-state index contributed by atoms with van der Waals surface area (Å²) in [5.74, 6) is -1.12. The Balaban J connectivity index is 2.45. The van der Waals surface area contributed by atoms with Crippen LogP contribution >= 0.6 is 0 Å². The molecule has 1 rings (SSSR count). The third kappa shape index (κ3) is 3.98. The maximum absolute atomic E-state index is 11.7. The molecule has 5 nitrogen and oxygen atoms in total. The maximum Gasteiger partial charge on any atom is 0.306 e. The van der Waals surface area contributed by atoms with Gasteiger partial charge in [-0.25, -0.2) is 0 Å². The number of carboxylic acid groups (broad SMARTS) is 1. The number of carbonyl (C=O) groups excluding carboxylic acids is 1. The predicted octanol–water partition coefficient (Wildman–Crippen LogP) is 0.977. The SMILES string of the molecule is CC(C)[C@H](N)C(=O)NCC1CCCCC1C(=O)O. The molecule has 5 heteroatoms. The molecule has 1 amide bonds. The average Bonchev–Trinajstić information content (AvgIpc) is 2.35. The van der Waals surface area contributed by atoms with E-state index < -0.39 is 12.0 Å². The molecule has 0 aliphatic heterocycles. The molecule has 0 saturated heterocycles. The van der Waals surface area contributed by atoms with Gasteiger partial charge in [0.25, 0.3) is 0 Å². The highest BCUT2D eigenvalue weighted by molar-refractivity contribution is 5.81. The molecule has 0 heterocycles. The molecular formula is C13H24N2O3. The molecule has 104 valence electrons. The van der Waals surface area contributed by atoms with Crippen LogP contribution in [0.25, 0.3) is 0 Å². The zero-order valence-corrected chi connectivity index (χ0v) is 11.2. The Kier molecular flexibility index (Phi) is 5.59. The van der Waals surface area contributed by atoms with Gasteiger partial charge < -0.3 is 16.2 Å². The second-order valence-corrected chi connectivity index (χ2v) is 5.50. The Bertz CT molecular complexity index is 305. The lowest BCUT2D eigenvalue weighted by atomic mass is 9.79. The zero-order chi connectivity index (χ0) is 13.7. The number of rotatable bonds is 5. The number of carbonyl (C=O) groups is 2. The molecule has 0 aromatic heterocycles. The van der Waals surface area contributed by atoms with Crippen molar-refractivity contribution >= 4 is 11.9 Å². The second-order valence-electron chi connectivity index (χ2n) is 5.50. The first kappa shape index (κ1) is 15.0. The van der Waals surface area contributed by atoms with Crippen molar-refractivity contribution < 1.29 is 14.7 Å². The molecule has 0 spiro atoms. The molecule has 18 heavy (non-hydrogen) atoms. The van der Waals surface area contributed by atoms with Gasteiger partial charge in [0.15, 0.2) is 0 Å². The summed E-state index contributed by atoms with van der Waals surface area (Å²) in [6, 6.07) is -0.517. The molecule has 1 saturated carbocycles. The maximum atomic E-state index is 11.7. The van der Waals surface area contributed by atoms with Crippen LogP contribution in [0.2, 0.25) is 0 Å². The first-order chi connectivity index (χ1) is 8.43. The van der Waals surface area contributed by atoms with Crippen molar-refractivity contribution in [2.75, 3.05) is 6.54 Å². The summed E-state index contributed by atoms with van der Waals surface area (Å²) >= 11 is 0. The van der Waals surface area contributed by atoms with E-state index in [9.17, 15) is 9.59 Å². The summed E-state index contributed by atoms with van der Waals surface area (Å²) < 4.78 is 0. The van der Waals surface area contributed by atoms with Crippen molar-refractivity contribution in [3.63, 3.8) is 0 Å². The van der Waals surface area contributed by atoms with Crippen molar-refractivity contribution in [1.82, 2.24) is 5.32 Å². The summed E-state index contributed by atoms with van der Waals surface area (Å²) in [6.07, 6.45) is 3.59. The summed E-state index contributed by atoms with van der Waals surface area (Å²) in [7, 11) is 0. The molecule has 0 bridgehead atoms. The van der Waals surface area contributed by atoms with Crippen LogP contribution in [0.4, 0.5) is 0 Å². The van der Waals surface area contributed by atoms with Crippen molar-refractivity contribution in [3.05, 3.63) is 0 Å². The summed E-state index contributed by atoms with van der Waals surface area (Å²) in [6.45, 7) is 4.21. The quantitative estimate of drug-likeness (QED) is 0.683. The van der Waals surface area contributed by atoms with E-state index in [1.165, 1.54) is 0 Å². The van der Waals surface area contributed by atoms with Crippen LogP contribution in [0.1, 0.15) is 39.5 Å². The van der Waals surface area contributed by atoms with Gasteiger partial charge in [0.1, 0.15) is 0 Å². The Hall–Kier alpha value is -1.10. The van der Waals surface area contributed by atoms with Crippen LogP contribution < -0.4 is 11.1 Å². The molecule has 3 atom stereocenters. The number of nitrogens with two attached hydrogens (primary N) is 1. The minimum Gasteiger partial charge on any atom is -0.481 e. The predicted molar refractivity (Wildman–Crippen MR) is 68.9 cm³/mol. The number of hydrogen-bond acceptors (Lipinski definition) is 3. The third-order valence-electron chi connectivity index (χ3n) is 3.79. The Morgan fingerprint density at radius 3 is 2.50 bits per heavy atom. The second kappa shape index (κ2) is 6.73. The lowest BCUT2D eigenvalue weighted by Gasteiger charge is -2.29. The van der Waals surface area contributed by atoms with Crippen LogP contribution in [-0.2, 0) is 9.59 Å². The smallest absolute Gasteiger partial charge is 0.306 e. The van der Waals surface area contributed by atoms with Gasteiger partial charge in [0, 0.05) is 6.54 Å². The van der Waals surface area contributed by atoms with Gasteiger partial charge in [-0.05, 0) is 24.7 Å². The van der Waals surface area contributed by atoms with E-state index in [1.807, 2.05) is 13.8 Å². The largest absolute Gasteiger partial charge is 0.481 e. The van der Waals surface area contributed by atoms with Gasteiger partial charge in [0.2, 0.25) is 5.91 Å². The van der Waals surface area contributed by atoms with E-state index >= 15 is 0 Å². The number of nitrogens with one attached hydrogen (secondary N) is 1. The zero-order valence-electron chi connectivity index (χ0n) is 11.2. The number of carboxylic acids is 1. The summed E-state index contributed by atoms with van der Waals surface area (Å²) in [4.78, 5) is 22.8. The molecule has 0 aromatic carbocycles. The van der Waals surface area contributed by atoms with Crippen LogP contribution in [0.3, 0.4) is 0 Å². The highest BCUT2D eigenvalue weighted by atomic mass is 16.4. The molecule has 4 N–H and O–H groups in total. The van der Waals surface area contributed by atoms with E-state index in [0.29, 0.717) is 13.0 Å². The highest BCUT2D eigenvalue weighted by Gasteiger charge is 2.31. The first-order valence-electron chi connectivity index (χ1n) is 6.69. The monoisotopic (exact) mass is 256 g/mol. The number of amides is 1. The van der Waals surface area contributed by atoms with Gasteiger partial charge in [-0.1, -0.05) is 26.7 Å². The Morgan fingerprint density at radius 2 is 1.94 bits per heavy atom. The third-order valence-corrected chi connectivity index (χ3v) is 3.79. The minimum absolute atomic E-state index is 0.0413. The fourth-order valence-electron chi connectivity index (χ4n) is 2.43. The molecule has 1 fully saturated rings. The van der Waals surface area contributed by atoms with Crippen LogP contribution in [0.5, 0.6) is 0 Å². The molecule has 1 aliphatic carbocycles. The van der Waals surface area contributed by atoms with E-state index in [1.54, 1.807) is 0 Å². The van der Waals surface area contributed by atoms with Gasteiger partial charge in [-0.2, -0.15) is 0 Å². The Morgan fingerprint density at radius 1 is 1.33 bits per heavy atom. The molecule has 2 unspecified atom stereocenters. The molecule has 0 radical (unpaired) electrons. The van der Waals surface area contributed by atoms with Crippen LogP contribution in [0.15, 0.2) is 0 Å². The highest BCUT2D eigenvalue weighted by Crippen LogP contribution is 2.29. The van der Waals surface area contributed by atoms with Crippen molar-refractivity contribution in [1.29, 1.82) is 0 Å². The van der Waals surface area contributed by atoms with Crippen molar-refractivity contribution in [2.24, 2.45) is 23.5 Å². The standard InChI is InChI=1S/C13H24N2O3/c1-8(2)11(14)12(16)15-7-9-5-3-4-6-10(9)13(17)18/h8-11H,3-7,14H2,1-2H3,(H,15,16)(H,17,18)/t9?,10?,11-/m0/s1. The van der Waals surface area contributed by atoms with E-state index in [4.69, 9.17) is 10.8 Å². The topological polar surface area (TPSA) is 92.4 Å². The lowest BCUT2D eigenvalue weighted by molar-refractivity contribution is -0.145. The van der Waals surface area contributed by atoms with E-state index in [0.717, 1.165) is 19.3 Å². The van der Waals surface area contributed by atoms with Gasteiger partial charge in [0.05, 0.1) is 12.0 Å². The Labute approximate surface area is 108 Å².